The van der Waals surface area contributed by atoms with Crippen LogP contribution in [0.25, 0.3) is 11.5 Å². The lowest BCUT2D eigenvalue weighted by Crippen LogP contribution is -2.31. The normalized spacial score (nSPS) is 10.9. The summed E-state index contributed by atoms with van der Waals surface area (Å²) in [5.41, 5.74) is 1.03. The number of hydrogen-bond donors (Lipinski definition) is 0. The first kappa shape index (κ1) is 18.9. The maximum Gasteiger partial charge on any atom is 0.258 e. The van der Waals surface area contributed by atoms with Gasteiger partial charge in [-0.05, 0) is 54.8 Å². The van der Waals surface area contributed by atoms with Crippen LogP contribution in [0.1, 0.15) is 21.1 Å². The lowest BCUT2D eigenvalue weighted by atomic mass is 10.1. The maximum absolute atomic E-state index is 14.4. The van der Waals surface area contributed by atoms with Gasteiger partial charge in [0.1, 0.15) is 11.6 Å². The second-order valence-electron chi connectivity index (χ2n) is 6.29. The lowest BCUT2D eigenvalue weighted by molar-refractivity contribution is 0.0984. The first-order valence-corrected chi connectivity index (χ1v) is 9.59. The van der Waals surface area contributed by atoms with Crippen molar-refractivity contribution >= 4 is 22.9 Å². The average Bonchev–Trinajstić information content (AvgIpc) is 3.38. The summed E-state index contributed by atoms with van der Waals surface area (Å²) in [6.07, 6.45) is 0. The molecule has 0 bridgehead atoms. The molecule has 0 spiro atoms. The predicted octanol–water partition coefficient (Wildman–Crippen LogP) is 5.23. The molecule has 4 aromatic rings. The number of carbonyl (C=O) groups excluding carboxylic acids is 1. The van der Waals surface area contributed by atoms with E-state index in [0.29, 0.717) is 22.8 Å². The highest BCUT2D eigenvalue weighted by atomic mass is 32.1. The second kappa shape index (κ2) is 7.92. The Morgan fingerprint density at radius 2 is 1.93 bits per heavy atom. The third kappa shape index (κ3) is 4.07. The quantitative estimate of drug-likeness (QED) is 0.451. The minimum absolute atomic E-state index is 0.0152. The fourth-order valence-corrected chi connectivity index (χ4v) is 3.54. The first-order valence-electron chi connectivity index (χ1n) is 8.71. The van der Waals surface area contributed by atoms with Crippen LogP contribution in [0.5, 0.6) is 0 Å². The van der Waals surface area contributed by atoms with E-state index in [1.165, 1.54) is 22.3 Å². The largest absolute Gasteiger partial charge is 0.334 e. The average molecular weight is 411 g/mol. The van der Waals surface area contributed by atoms with Gasteiger partial charge in [0.15, 0.2) is 5.82 Å². The molecule has 0 fully saturated rings. The fourth-order valence-electron chi connectivity index (χ4n) is 2.85. The Labute approximate surface area is 169 Å². The summed E-state index contributed by atoms with van der Waals surface area (Å²) < 4.78 is 32.9. The monoisotopic (exact) mass is 411 g/mol. The molecule has 0 N–H and O–H groups in total. The van der Waals surface area contributed by atoms with Crippen LogP contribution in [-0.2, 0) is 6.54 Å². The molecule has 0 saturated carbocycles. The van der Waals surface area contributed by atoms with Gasteiger partial charge >= 0.3 is 0 Å². The third-order valence-electron chi connectivity index (χ3n) is 4.25. The van der Waals surface area contributed by atoms with Gasteiger partial charge in [-0.2, -0.15) is 4.98 Å². The van der Waals surface area contributed by atoms with Crippen LogP contribution in [0.4, 0.5) is 14.5 Å². The van der Waals surface area contributed by atoms with Gasteiger partial charge in [0.2, 0.25) is 0 Å². The minimum Gasteiger partial charge on any atom is -0.334 e. The van der Waals surface area contributed by atoms with Crippen LogP contribution in [0.3, 0.4) is 0 Å². The SMILES string of the molecule is Cc1noc(-c2ccc(C(=O)N(Cc3cccs3)c3ccc(F)cc3F)cc2)n1. The number of thiophene rings is 1. The number of aromatic nitrogens is 2. The zero-order chi connectivity index (χ0) is 20.4. The van der Waals surface area contributed by atoms with Gasteiger partial charge in [-0.25, -0.2) is 8.78 Å². The molecule has 146 valence electrons. The van der Waals surface area contributed by atoms with Gasteiger partial charge in [-0.15, -0.1) is 11.3 Å². The number of benzene rings is 2. The topological polar surface area (TPSA) is 59.2 Å². The molecule has 0 atom stereocenters. The summed E-state index contributed by atoms with van der Waals surface area (Å²) in [7, 11) is 0. The van der Waals surface area contributed by atoms with Crippen molar-refractivity contribution in [1.82, 2.24) is 10.1 Å². The number of rotatable bonds is 5. The van der Waals surface area contributed by atoms with E-state index in [2.05, 4.69) is 10.1 Å². The summed E-state index contributed by atoms with van der Waals surface area (Å²) >= 11 is 1.45. The Morgan fingerprint density at radius 1 is 1.14 bits per heavy atom. The van der Waals surface area contributed by atoms with Crippen molar-refractivity contribution in [3.05, 3.63) is 87.9 Å². The maximum atomic E-state index is 14.4. The zero-order valence-corrected chi connectivity index (χ0v) is 16.1. The highest BCUT2D eigenvalue weighted by Crippen LogP contribution is 2.26. The third-order valence-corrected chi connectivity index (χ3v) is 5.11. The first-order chi connectivity index (χ1) is 14.0. The molecule has 1 amide bonds. The molecule has 2 aromatic carbocycles. The Balaban J connectivity index is 1.67. The van der Waals surface area contributed by atoms with Crippen molar-refractivity contribution in [1.29, 1.82) is 0 Å². The molecule has 2 aromatic heterocycles. The van der Waals surface area contributed by atoms with Crippen LogP contribution < -0.4 is 4.90 Å². The second-order valence-corrected chi connectivity index (χ2v) is 7.32. The number of hydrogen-bond acceptors (Lipinski definition) is 5. The molecule has 8 heteroatoms. The molecule has 0 radical (unpaired) electrons. The Hall–Kier alpha value is -3.39. The minimum atomic E-state index is -0.798. The predicted molar refractivity (Wildman–Crippen MR) is 106 cm³/mol. The van der Waals surface area contributed by atoms with Gasteiger partial charge in [0, 0.05) is 22.1 Å². The Morgan fingerprint density at radius 3 is 2.55 bits per heavy atom. The molecular weight excluding hydrogens is 396 g/mol. The van der Waals surface area contributed by atoms with Gasteiger partial charge in [-0.1, -0.05) is 11.2 Å². The number of halogens is 2. The number of nitrogens with zero attached hydrogens (tertiary/aromatic N) is 3. The van der Waals surface area contributed by atoms with E-state index < -0.39 is 17.5 Å². The molecule has 0 aliphatic carbocycles. The van der Waals surface area contributed by atoms with Crippen LogP contribution in [0.15, 0.2) is 64.5 Å². The van der Waals surface area contributed by atoms with Crippen molar-refractivity contribution in [2.45, 2.75) is 13.5 Å². The van der Waals surface area contributed by atoms with E-state index in [1.54, 1.807) is 31.2 Å². The Bertz CT molecular complexity index is 1140. The van der Waals surface area contributed by atoms with Crippen molar-refractivity contribution in [2.75, 3.05) is 4.90 Å². The lowest BCUT2D eigenvalue weighted by Gasteiger charge is -2.23. The highest BCUT2D eigenvalue weighted by Gasteiger charge is 2.22. The van der Waals surface area contributed by atoms with E-state index in [1.807, 2.05) is 17.5 Å². The smallest absolute Gasteiger partial charge is 0.258 e. The van der Waals surface area contributed by atoms with Gasteiger partial charge in [-0.3, -0.25) is 4.79 Å². The molecule has 0 saturated heterocycles. The molecule has 29 heavy (non-hydrogen) atoms. The zero-order valence-electron chi connectivity index (χ0n) is 15.3. The molecule has 0 aliphatic heterocycles. The summed E-state index contributed by atoms with van der Waals surface area (Å²) in [5, 5.41) is 5.62. The van der Waals surface area contributed by atoms with Gasteiger partial charge in [0.05, 0.1) is 12.2 Å². The fraction of sp³-hybridized carbons (Fsp3) is 0.0952. The molecule has 0 unspecified atom stereocenters. The summed E-state index contributed by atoms with van der Waals surface area (Å²) in [5.74, 6) is -1.05. The van der Waals surface area contributed by atoms with Crippen LogP contribution >= 0.6 is 11.3 Å². The molecule has 4 rings (SSSR count). The molecule has 2 heterocycles. The van der Waals surface area contributed by atoms with Crippen molar-refractivity contribution in [2.24, 2.45) is 0 Å². The van der Waals surface area contributed by atoms with Crippen LogP contribution in [0.2, 0.25) is 0 Å². The number of anilines is 1. The van der Waals surface area contributed by atoms with E-state index in [-0.39, 0.29) is 12.2 Å². The summed E-state index contributed by atoms with van der Waals surface area (Å²) in [4.78, 5) is 19.5. The van der Waals surface area contributed by atoms with Crippen molar-refractivity contribution < 1.29 is 18.1 Å². The van der Waals surface area contributed by atoms with Crippen molar-refractivity contribution in [3.8, 4) is 11.5 Å². The number of amides is 1. The van der Waals surface area contributed by atoms with Crippen LogP contribution in [-0.4, -0.2) is 16.0 Å². The molecular formula is C21H15F2N3O2S. The van der Waals surface area contributed by atoms with E-state index in [0.717, 1.165) is 17.0 Å². The van der Waals surface area contributed by atoms with Gasteiger partial charge < -0.3 is 9.42 Å². The van der Waals surface area contributed by atoms with Crippen LogP contribution in [0, 0.1) is 18.6 Å². The van der Waals surface area contributed by atoms with E-state index in [4.69, 9.17) is 4.52 Å². The molecule has 0 aliphatic rings. The van der Waals surface area contributed by atoms with E-state index >= 15 is 0 Å². The number of aryl methyl sites for hydroxylation is 1. The molecule has 5 nitrogen and oxygen atoms in total. The standard InChI is InChI=1S/C21H15F2N3O2S/c1-13-24-20(28-25-13)14-4-6-15(7-5-14)21(27)26(12-17-3-2-10-29-17)19-9-8-16(22)11-18(19)23/h2-11H,12H2,1H3. The van der Waals surface area contributed by atoms with Gasteiger partial charge in [0.25, 0.3) is 11.8 Å². The van der Waals surface area contributed by atoms with E-state index in [9.17, 15) is 13.6 Å². The Kier molecular flexibility index (Phi) is 5.18. The number of carbonyl (C=O) groups is 1. The summed E-state index contributed by atoms with van der Waals surface area (Å²) in [6, 6.07) is 13.5. The summed E-state index contributed by atoms with van der Waals surface area (Å²) in [6.45, 7) is 1.88. The highest BCUT2D eigenvalue weighted by molar-refractivity contribution is 7.09. The van der Waals surface area contributed by atoms with Crippen molar-refractivity contribution in [3.63, 3.8) is 0 Å².